The highest BCUT2D eigenvalue weighted by Crippen LogP contribution is 2.17. The number of hydrogen-bond acceptors (Lipinski definition) is 4. The van der Waals surface area contributed by atoms with Gasteiger partial charge < -0.3 is 4.74 Å². The number of aryl methyl sites for hydroxylation is 1. The van der Waals surface area contributed by atoms with Crippen molar-refractivity contribution in [3.05, 3.63) is 65.5 Å². The third-order valence-corrected chi connectivity index (χ3v) is 6.40. The number of nitrogens with zero attached hydrogens (tertiary/aromatic N) is 1. The first-order chi connectivity index (χ1) is 13.0. The maximum Gasteiger partial charge on any atom is 0.240 e. The average Bonchev–Trinajstić information content (AvgIpc) is 2.66. The van der Waals surface area contributed by atoms with Gasteiger partial charge in [0.1, 0.15) is 5.82 Å². The molecule has 3 rings (SSSR count). The molecule has 1 N–H and O–H groups in total. The summed E-state index contributed by atoms with van der Waals surface area (Å²) in [4.78, 5) is 2.38. The van der Waals surface area contributed by atoms with Crippen LogP contribution in [0.2, 0.25) is 0 Å². The van der Waals surface area contributed by atoms with E-state index in [2.05, 4.69) is 9.62 Å². The lowest BCUT2D eigenvalue weighted by Gasteiger charge is -2.34. The van der Waals surface area contributed by atoms with Crippen molar-refractivity contribution in [2.75, 3.05) is 32.8 Å². The van der Waals surface area contributed by atoms with Crippen LogP contribution in [-0.4, -0.2) is 52.2 Å². The first kappa shape index (κ1) is 19.9. The Labute approximate surface area is 160 Å². The van der Waals surface area contributed by atoms with Crippen molar-refractivity contribution in [2.24, 2.45) is 0 Å². The van der Waals surface area contributed by atoms with E-state index in [0.29, 0.717) is 18.8 Å². The van der Waals surface area contributed by atoms with E-state index in [1.54, 1.807) is 6.92 Å². The lowest BCUT2D eigenvalue weighted by Crippen LogP contribution is -2.49. The maximum atomic E-state index is 13.3. The van der Waals surface area contributed by atoms with Crippen LogP contribution in [0.4, 0.5) is 4.39 Å². The summed E-state index contributed by atoms with van der Waals surface area (Å²) in [5.41, 5.74) is 1.56. The molecule has 1 fully saturated rings. The Balaban J connectivity index is 1.74. The van der Waals surface area contributed by atoms with Crippen LogP contribution in [0, 0.1) is 12.7 Å². The summed E-state index contributed by atoms with van der Waals surface area (Å²) in [5.74, 6) is -0.443. The predicted molar refractivity (Wildman–Crippen MR) is 103 cm³/mol. The first-order valence-electron chi connectivity index (χ1n) is 9.07. The highest BCUT2D eigenvalue weighted by molar-refractivity contribution is 7.89. The van der Waals surface area contributed by atoms with E-state index in [1.165, 1.54) is 18.2 Å². The number of hydrogen-bond donors (Lipinski definition) is 1. The van der Waals surface area contributed by atoms with Gasteiger partial charge in [0.25, 0.3) is 0 Å². The topological polar surface area (TPSA) is 58.6 Å². The van der Waals surface area contributed by atoms with Crippen LogP contribution in [0.5, 0.6) is 0 Å². The summed E-state index contributed by atoms with van der Waals surface area (Å²) in [6, 6.07) is 13.8. The van der Waals surface area contributed by atoms with Crippen molar-refractivity contribution < 1.29 is 17.5 Å². The molecule has 0 bridgehead atoms. The van der Waals surface area contributed by atoms with Gasteiger partial charge in [-0.2, -0.15) is 0 Å². The molecule has 2 aromatic carbocycles. The molecule has 146 valence electrons. The summed E-state index contributed by atoms with van der Waals surface area (Å²) in [6.45, 7) is 4.73. The number of rotatable bonds is 7. The second-order valence-corrected chi connectivity index (χ2v) is 8.49. The van der Waals surface area contributed by atoms with Gasteiger partial charge in [-0.15, -0.1) is 0 Å². The lowest BCUT2D eigenvalue weighted by atomic mass is 10.0. The van der Waals surface area contributed by atoms with E-state index in [0.717, 1.165) is 25.1 Å². The van der Waals surface area contributed by atoms with Gasteiger partial charge in [0.2, 0.25) is 10.0 Å². The molecule has 7 heteroatoms. The third kappa shape index (κ3) is 5.35. The van der Waals surface area contributed by atoms with E-state index in [-0.39, 0.29) is 17.5 Å². The van der Waals surface area contributed by atoms with Crippen molar-refractivity contribution in [1.82, 2.24) is 9.62 Å². The fourth-order valence-electron chi connectivity index (χ4n) is 3.36. The zero-order chi connectivity index (χ0) is 19.3. The normalized spacial score (nSPS) is 17.0. The molecule has 0 amide bonds. The molecule has 1 aliphatic rings. The second-order valence-electron chi connectivity index (χ2n) is 6.75. The molecule has 0 saturated carbocycles. The Morgan fingerprint density at radius 1 is 1.15 bits per heavy atom. The van der Waals surface area contributed by atoms with E-state index in [9.17, 15) is 12.8 Å². The van der Waals surface area contributed by atoms with Gasteiger partial charge in [-0.1, -0.05) is 30.3 Å². The van der Waals surface area contributed by atoms with Crippen LogP contribution in [0.25, 0.3) is 0 Å². The number of ether oxygens (including phenoxy) is 1. The number of benzene rings is 2. The van der Waals surface area contributed by atoms with Gasteiger partial charge in [0.15, 0.2) is 0 Å². The summed E-state index contributed by atoms with van der Waals surface area (Å²) in [6.07, 6.45) is 0.742. The monoisotopic (exact) mass is 392 g/mol. The lowest BCUT2D eigenvalue weighted by molar-refractivity contribution is 0.0177. The molecule has 1 saturated heterocycles. The molecule has 2 aromatic rings. The fourth-order valence-corrected chi connectivity index (χ4v) is 4.65. The number of nitrogens with one attached hydrogen (secondary N) is 1. The molecule has 0 aromatic heterocycles. The second kappa shape index (κ2) is 8.93. The van der Waals surface area contributed by atoms with Crippen molar-refractivity contribution in [3.8, 4) is 0 Å². The Bertz CT molecular complexity index is 853. The summed E-state index contributed by atoms with van der Waals surface area (Å²) in [7, 11) is -3.71. The molecular formula is C20H25FN2O3S. The first-order valence-corrected chi connectivity index (χ1v) is 10.6. The number of sulfonamides is 1. The number of morpholine rings is 1. The van der Waals surface area contributed by atoms with Crippen LogP contribution in [0.15, 0.2) is 53.4 Å². The van der Waals surface area contributed by atoms with Crippen LogP contribution in [0.3, 0.4) is 0 Å². The SMILES string of the molecule is Cc1cc(F)ccc1S(=O)(=O)NCC(Cc1ccccc1)N1CCOCC1. The standard InChI is InChI=1S/C20H25FN2O3S/c1-16-13-18(21)7-8-20(16)27(24,25)22-15-19(23-9-11-26-12-10-23)14-17-5-3-2-4-6-17/h2-8,13,19,22H,9-12,14-15H2,1H3. The van der Waals surface area contributed by atoms with Gasteiger partial charge in [-0.25, -0.2) is 17.5 Å². The molecule has 5 nitrogen and oxygen atoms in total. The Kier molecular flexibility index (Phi) is 6.59. The van der Waals surface area contributed by atoms with Crippen molar-refractivity contribution in [3.63, 3.8) is 0 Å². The highest BCUT2D eigenvalue weighted by atomic mass is 32.2. The average molecular weight is 392 g/mol. The molecule has 27 heavy (non-hydrogen) atoms. The Morgan fingerprint density at radius 3 is 2.52 bits per heavy atom. The smallest absolute Gasteiger partial charge is 0.240 e. The van der Waals surface area contributed by atoms with Gasteiger partial charge >= 0.3 is 0 Å². The van der Waals surface area contributed by atoms with Crippen molar-refractivity contribution >= 4 is 10.0 Å². The summed E-state index contributed by atoms with van der Waals surface area (Å²) in [5, 5.41) is 0. The van der Waals surface area contributed by atoms with Crippen LogP contribution < -0.4 is 4.72 Å². The van der Waals surface area contributed by atoms with Gasteiger partial charge in [-0.3, -0.25) is 4.90 Å². The Morgan fingerprint density at radius 2 is 1.85 bits per heavy atom. The van der Waals surface area contributed by atoms with E-state index in [1.807, 2.05) is 30.3 Å². The third-order valence-electron chi connectivity index (χ3n) is 4.81. The largest absolute Gasteiger partial charge is 0.379 e. The van der Waals surface area contributed by atoms with E-state index < -0.39 is 15.8 Å². The molecule has 1 aliphatic heterocycles. The van der Waals surface area contributed by atoms with E-state index in [4.69, 9.17) is 4.74 Å². The zero-order valence-corrected chi connectivity index (χ0v) is 16.2. The molecule has 0 spiro atoms. The minimum Gasteiger partial charge on any atom is -0.379 e. The van der Waals surface area contributed by atoms with Gasteiger partial charge in [-0.05, 0) is 42.7 Å². The summed E-state index contributed by atoms with van der Waals surface area (Å²) >= 11 is 0. The maximum absolute atomic E-state index is 13.3. The van der Waals surface area contributed by atoms with Crippen molar-refractivity contribution in [1.29, 1.82) is 0 Å². The summed E-state index contributed by atoms with van der Waals surface area (Å²) < 4.78 is 46.9. The van der Waals surface area contributed by atoms with E-state index >= 15 is 0 Å². The predicted octanol–water partition coefficient (Wildman–Crippen LogP) is 2.36. The molecule has 1 unspecified atom stereocenters. The van der Waals surface area contributed by atoms with Crippen LogP contribution in [-0.2, 0) is 21.2 Å². The van der Waals surface area contributed by atoms with Gasteiger partial charge in [0, 0.05) is 25.7 Å². The molecule has 0 aliphatic carbocycles. The highest BCUT2D eigenvalue weighted by Gasteiger charge is 2.24. The molecular weight excluding hydrogens is 367 g/mol. The van der Waals surface area contributed by atoms with Crippen LogP contribution in [0.1, 0.15) is 11.1 Å². The molecule has 0 radical (unpaired) electrons. The minimum absolute atomic E-state index is 0.0202. The minimum atomic E-state index is -3.71. The van der Waals surface area contributed by atoms with Crippen LogP contribution >= 0.6 is 0 Å². The van der Waals surface area contributed by atoms with Gasteiger partial charge in [0.05, 0.1) is 18.1 Å². The Hall–Kier alpha value is -1.80. The fraction of sp³-hybridized carbons (Fsp3) is 0.400. The quantitative estimate of drug-likeness (QED) is 0.786. The zero-order valence-electron chi connectivity index (χ0n) is 15.4. The molecule has 1 atom stereocenters. The number of halogens is 1. The molecule has 1 heterocycles. The van der Waals surface area contributed by atoms with Crippen molar-refractivity contribution in [2.45, 2.75) is 24.3 Å².